The molecule has 0 aliphatic heterocycles. The third-order valence-electron chi connectivity index (χ3n) is 2.44. The lowest BCUT2D eigenvalue weighted by atomic mass is 10.2. The van der Waals surface area contributed by atoms with Gasteiger partial charge in [0.05, 0.1) is 18.5 Å². The molecule has 0 atom stereocenters. The molecule has 0 radical (unpaired) electrons. The molecule has 5 heteroatoms. The van der Waals surface area contributed by atoms with Crippen LogP contribution in [0, 0.1) is 6.92 Å². The highest BCUT2D eigenvalue weighted by Gasteiger charge is 2.12. The van der Waals surface area contributed by atoms with E-state index < -0.39 is 5.97 Å². The molecule has 1 aromatic carbocycles. The van der Waals surface area contributed by atoms with Crippen LogP contribution in [0.2, 0.25) is 0 Å². The Kier molecular flexibility index (Phi) is 3.72. The average Bonchev–Trinajstić information content (AvgIpc) is 2.86. The van der Waals surface area contributed by atoms with Gasteiger partial charge < -0.3 is 4.74 Å². The summed E-state index contributed by atoms with van der Waals surface area (Å²) in [6.07, 6.45) is 2.36. The molecule has 2 rings (SSSR count). The number of rotatable bonds is 4. The summed E-state index contributed by atoms with van der Waals surface area (Å²) in [5.74, 6) is -0.435. The maximum absolute atomic E-state index is 11.6. The van der Waals surface area contributed by atoms with E-state index in [1.54, 1.807) is 10.9 Å². The molecule has 0 spiro atoms. The lowest BCUT2D eigenvalue weighted by Crippen LogP contribution is -2.06. The maximum atomic E-state index is 11.6. The molecule has 2 aromatic rings. The van der Waals surface area contributed by atoms with Gasteiger partial charge in [-0.25, -0.2) is 9.48 Å². The van der Waals surface area contributed by atoms with Crippen molar-refractivity contribution < 1.29 is 9.53 Å². The van der Waals surface area contributed by atoms with Gasteiger partial charge in [0.25, 0.3) is 0 Å². The summed E-state index contributed by atoms with van der Waals surface area (Å²) in [6, 6.07) is 7.80. The third-order valence-corrected chi connectivity index (χ3v) is 2.44. The molecule has 0 fully saturated rings. The number of esters is 1. The molecule has 0 amide bonds. The second-order valence-corrected chi connectivity index (χ2v) is 4.02. The Hall–Kier alpha value is -2.17. The molecule has 1 heterocycles. The van der Waals surface area contributed by atoms with Gasteiger partial charge in [-0.05, 0) is 25.5 Å². The maximum Gasteiger partial charge on any atom is 0.360 e. The van der Waals surface area contributed by atoms with Crippen molar-refractivity contribution in [3.8, 4) is 5.69 Å². The number of hydrogen-bond donors (Lipinski definition) is 0. The molecule has 0 aliphatic rings. The standard InChI is InChI=1S/C13H15N3O2/c1-3-8-18-13(17)12-9-16(15-14-12)11-6-4-10(2)5-7-11/h4-7,9H,3,8H2,1-2H3. The summed E-state index contributed by atoms with van der Waals surface area (Å²) in [5, 5.41) is 7.72. The lowest BCUT2D eigenvalue weighted by molar-refractivity contribution is 0.0498. The fourth-order valence-electron chi connectivity index (χ4n) is 1.45. The Morgan fingerprint density at radius 2 is 2.06 bits per heavy atom. The van der Waals surface area contributed by atoms with Crippen molar-refractivity contribution in [2.75, 3.05) is 6.61 Å². The van der Waals surface area contributed by atoms with E-state index in [9.17, 15) is 4.79 Å². The Labute approximate surface area is 105 Å². The van der Waals surface area contributed by atoms with E-state index in [4.69, 9.17) is 4.74 Å². The van der Waals surface area contributed by atoms with E-state index in [0.717, 1.165) is 12.1 Å². The van der Waals surface area contributed by atoms with E-state index in [-0.39, 0.29) is 5.69 Å². The van der Waals surface area contributed by atoms with Crippen LogP contribution in [-0.4, -0.2) is 27.6 Å². The smallest absolute Gasteiger partial charge is 0.360 e. The largest absolute Gasteiger partial charge is 0.461 e. The summed E-state index contributed by atoms with van der Waals surface area (Å²) >= 11 is 0. The number of ether oxygens (including phenoxy) is 1. The first kappa shape index (κ1) is 12.3. The lowest BCUT2D eigenvalue weighted by Gasteiger charge is -2.00. The zero-order valence-corrected chi connectivity index (χ0v) is 10.5. The van der Waals surface area contributed by atoms with Crippen LogP contribution in [0.3, 0.4) is 0 Å². The van der Waals surface area contributed by atoms with Crippen LogP contribution in [0.1, 0.15) is 29.4 Å². The first-order valence-corrected chi connectivity index (χ1v) is 5.87. The van der Waals surface area contributed by atoms with Crippen molar-refractivity contribution in [2.24, 2.45) is 0 Å². The number of aromatic nitrogens is 3. The van der Waals surface area contributed by atoms with Crippen molar-refractivity contribution in [1.82, 2.24) is 15.0 Å². The molecular formula is C13H15N3O2. The summed E-state index contributed by atoms with van der Waals surface area (Å²) in [4.78, 5) is 11.6. The average molecular weight is 245 g/mol. The Balaban J connectivity index is 2.15. The Morgan fingerprint density at radius 3 is 2.72 bits per heavy atom. The van der Waals surface area contributed by atoms with Crippen molar-refractivity contribution in [1.29, 1.82) is 0 Å². The summed E-state index contributed by atoms with van der Waals surface area (Å²) in [5.41, 5.74) is 2.26. The summed E-state index contributed by atoms with van der Waals surface area (Å²) in [7, 11) is 0. The van der Waals surface area contributed by atoms with Gasteiger partial charge in [-0.3, -0.25) is 0 Å². The van der Waals surface area contributed by atoms with E-state index in [0.29, 0.717) is 6.61 Å². The highest BCUT2D eigenvalue weighted by molar-refractivity contribution is 5.86. The van der Waals surface area contributed by atoms with Crippen molar-refractivity contribution in [3.05, 3.63) is 41.7 Å². The minimum atomic E-state index is -0.435. The van der Waals surface area contributed by atoms with Gasteiger partial charge in [-0.1, -0.05) is 29.8 Å². The number of carbonyl (C=O) groups is 1. The van der Waals surface area contributed by atoms with Crippen LogP contribution in [0.15, 0.2) is 30.5 Å². The third kappa shape index (κ3) is 2.74. The van der Waals surface area contributed by atoms with E-state index in [1.807, 2.05) is 38.1 Å². The SMILES string of the molecule is CCCOC(=O)c1cn(-c2ccc(C)cc2)nn1. The molecule has 1 aromatic heterocycles. The minimum absolute atomic E-state index is 0.226. The Bertz CT molecular complexity index is 531. The second kappa shape index (κ2) is 5.44. The van der Waals surface area contributed by atoms with E-state index in [1.165, 1.54) is 5.56 Å². The molecule has 0 saturated carbocycles. The first-order chi connectivity index (χ1) is 8.70. The molecule has 0 bridgehead atoms. The molecule has 0 aliphatic carbocycles. The predicted octanol–water partition coefficient (Wildman–Crippen LogP) is 2.14. The molecular weight excluding hydrogens is 230 g/mol. The monoisotopic (exact) mass is 245 g/mol. The van der Waals surface area contributed by atoms with Crippen LogP contribution < -0.4 is 0 Å². The fraction of sp³-hybridized carbons (Fsp3) is 0.308. The van der Waals surface area contributed by atoms with Crippen LogP contribution in [0.5, 0.6) is 0 Å². The fourth-order valence-corrected chi connectivity index (χ4v) is 1.45. The molecule has 18 heavy (non-hydrogen) atoms. The molecule has 94 valence electrons. The van der Waals surface area contributed by atoms with Crippen LogP contribution in [-0.2, 0) is 4.74 Å². The number of aryl methyl sites for hydroxylation is 1. The predicted molar refractivity (Wildman–Crippen MR) is 66.7 cm³/mol. The quantitative estimate of drug-likeness (QED) is 0.774. The van der Waals surface area contributed by atoms with Crippen molar-refractivity contribution in [3.63, 3.8) is 0 Å². The molecule has 0 saturated heterocycles. The van der Waals surface area contributed by atoms with E-state index >= 15 is 0 Å². The van der Waals surface area contributed by atoms with Gasteiger partial charge in [0.15, 0.2) is 5.69 Å². The van der Waals surface area contributed by atoms with Crippen LogP contribution >= 0.6 is 0 Å². The van der Waals surface area contributed by atoms with Gasteiger partial charge in [-0.2, -0.15) is 0 Å². The second-order valence-electron chi connectivity index (χ2n) is 4.02. The normalized spacial score (nSPS) is 10.3. The van der Waals surface area contributed by atoms with Crippen molar-refractivity contribution >= 4 is 5.97 Å². The van der Waals surface area contributed by atoms with Crippen molar-refractivity contribution in [2.45, 2.75) is 20.3 Å². The van der Waals surface area contributed by atoms with Crippen LogP contribution in [0.25, 0.3) is 5.69 Å². The number of hydrogen-bond acceptors (Lipinski definition) is 4. The summed E-state index contributed by atoms with van der Waals surface area (Å²) < 4.78 is 6.55. The molecule has 0 N–H and O–H groups in total. The summed E-state index contributed by atoms with van der Waals surface area (Å²) in [6.45, 7) is 4.35. The first-order valence-electron chi connectivity index (χ1n) is 5.87. The zero-order chi connectivity index (χ0) is 13.0. The zero-order valence-electron chi connectivity index (χ0n) is 10.5. The van der Waals surface area contributed by atoms with Gasteiger partial charge in [0.2, 0.25) is 0 Å². The molecule has 5 nitrogen and oxygen atoms in total. The highest BCUT2D eigenvalue weighted by atomic mass is 16.5. The van der Waals surface area contributed by atoms with Crippen LogP contribution in [0.4, 0.5) is 0 Å². The van der Waals surface area contributed by atoms with E-state index in [2.05, 4.69) is 10.3 Å². The number of nitrogens with zero attached hydrogens (tertiary/aromatic N) is 3. The highest BCUT2D eigenvalue weighted by Crippen LogP contribution is 2.08. The number of benzene rings is 1. The van der Waals surface area contributed by atoms with Gasteiger partial charge >= 0.3 is 5.97 Å². The van der Waals surface area contributed by atoms with Gasteiger partial charge in [-0.15, -0.1) is 5.10 Å². The minimum Gasteiger partial charge on any atom is -0.461 e. The molecule has 0 unspecified atom stereocenters. The number of carbonyl (C=O) groups excluding carboxylic acids is 1. The Morgan fingerprint density at radius 1 is 1.33 bits per heavy atom. The van der Waals surface area contributed by atoms with Gasteiger partial charge in [0, 0.05) is 0 Å². The van der Waals surface area contributed by atoms with Gasteiger partial charge in [0.1, 0.15) is 0 Å². The topological polar surface area (TPSA) is 57.0 Å².